The van der Waals surface area contributed by atoms with Crippen molar-refractivity contribution < 1.29 is 4.79 Å². The van der Waals surface area contributed by atoms with Crippen molar-refractivity contribution in [2.24, 2.45) is 0 Å². The number of carbonyl (C=O) groups excluding carboxylic acids is 1. The Bertz CT molecular complexity index is 728. The van der Waals surface area contributed by atoms with Gasteiger partial charge in [0.1, 0.15) is 0 Å². The molecule has 1 atom stereocenters. The third kappa shape index (κ3) is 6.37. The van der Waals surface area contributed by atoms with E-state index in [9.17, 15) is 4.79 Å². The molecular weight excluding hydrogens is 372 g/mol. The lowest BCUT2D eigenvalue weighted by Gasteiger charge is -2.14. The zero-order valence-corrected chi connectivity index (χ0v) is 17.2. The topological polar surface area (TPSA) is 58.1 Å². The Morgan fingerprint density at radius 2 is 1.92 bits per heavy atom. The van der Waals surface area contributed by atoms with Crippen LogP contribution in [0.15, 0.2) is 45.1 Å². The van der Waals surface area contributed by atoms with Crippen LogP contribution in [0, 0.1) is 0 Å². The molecule has 0 fully saturated rings. The molecule has 1 aromatic carbocycles. The Morgan fingerprint density at radius 3 is 2.52 bits per heavy atom. The fraction of sp³-hybridized carbons (Fsp3) is 0.353. The summed E-state index contributed by atoms with van der Waals surface area (Å²) in [6.45, 7) is 7.74. The van der Waals surface area contributed by atoms with Crippen LogP contribution in [0.5, 0.6) is 0 Å². The van der Waals surface area contributed by atoms with Gasteiger partial charge in [0.2, 0.25) is 5.91 Å². The van der Waals surface area contributed by atoms with Gasteiger partial charge < -0.3 is 10.2 Å². The van der Waals surface area contributed by atoms with E-state index in [1.807, 2.05) is 57.1 Å². The first-order valence-electron chi connectivity index (χ1n) is 7.70. The summed E-state index contributed by atoms with van der Waals surface area (Å²) in [6, 6.07) is 7.76. The molecule has 0 saturated carbocycles. The molecule has 0 spiro atoms. The van der Waals surface area contributed by atoms with Crippen LogP contribution in [0.4, 0.5) is 11.4 Å². The van der Waals surface area contributed by atoms with Crippen molar-refractivity contribution in [2.45, 2.75) is 27.8 Å². The molecule has 1 aromatic heterocycles. The van der Waals surface area contributed by atoms with Gasteiger partial charge >= 0.3 is 0 Å². The van der Waals surface area contributed by atoms with Crippen LogP contribution < -0.4 is 10.2 Å². The number of nitrogens with zero attached hydrogens (tertiary/aromatic N) is 3. The number of anilines is 2. The highest BCUT2D eigenvalue weighted by molar-refractivity contribution is 8.04. The Balaban J connectivity index is 1.88. The number of amides is 1. The number of carbonyl (C=O) groups is 1. The molecule has 1 heterocycles. The SMILES string of the molecule is C=C(C)CSc1nnc(S[C@H](C)C(=O)Nc2ccc(N(C)C)cc2)s1. The summed E-state index contributed by atoms with van der Waals surface area (Å²) < 4.78 is 1.70. The highest BCUT2D eigenvalue weighted by Gasteiger charge is 2.17. The summed E-state index contributed by atoms with van der Waals surface area (Å²) in [4.78, 5) is 14.4. The number of hydrogen-bond acceptors (Lipinski definition) is 7. The molecule has 8 heteroatoms. The zero-order chi connectivity index (χ0) is 18.4. The second kappa shape index (κ2) is 9.26. The predicted octanol–water partition coefficient (Wildman–Crippen LogP) is 4.39. The minimum absolute atomic E-state index is 0.0473. The number of benzene rings is 1. The van der Waals surface area contributed by atoms with Crippen LogP contribution in [-0.4, -0.2) is 41.2 Å². The lowest BCUT2D eigenvalue weighted by Crippen LogP contribution is -2.22. The Labute approximate surface area is 161 Å². The second-order valence-electron chi connectivity index (χ2n) is 5.77. The maximum atomic E-state index is 12.4. The van der Waals surface area contributed by atoms with Crippen LogP contribution in [0.3, 0.4) is 0 Å². The number of hydrogen-bond donors (Lipinski definition) is 1. The van der Waals surface area contributed by atoms with Crippen LogP contribution in [0.1, 0.15) is 13.8 Å². The smallest absolute Gasteiger partial charge is 0.237 e. The van der Waals surface area contributed by atoms with Crippen molar-refractivity contribution in [3.63, 3.8) is 0 Å². The molecule has 0 aliphatic heterocycles. The van der Waals surface area contributed by atoms with Gasteiger partial charge in [0.15, 0.2) is 8.68 Å². The summed E-state index contributed by atoms with van der Waals surface area (Å²) in [5.74, 6) is 0.784. The molecule has 0 saturated heterocycles. The third-order valence-electron chi connectivity index (χ3n) is 3.13. The van der Waals surface area contributed by atoms with Gasteiger partial charge in [-0.05, 0) is 38.1 Å². The molecule has 0 aliphatic rings. The van der Waals surface area contributed by atoms with Gasteiger partial charge in [-0.1, -0.05) is 47.0 Å². The van der Waals surface area contributed by atoms with Crippen LogP contribution in [0.25, 0.3) is 0 Å². The second-order valence-corrected chi connectivity index (χ2v) is 9.56. The fourth-order valence-corrected chi connectivity index (χ4v) is 4.79. The highest BCUT2D eigenvalue weighted by Crippen LogP contribution is 2.32. The first-order valence-corrected chi connectivity index (χ1v) is 10.4. The van der Waals surface area contributed by atoms with Gasteiger partial charge in [-0.3, -0.25) is 4.79 Å². The van der Waals surface area contributed by atoms with Gasteiger partial charge in [0, 0.05) is 31.2 Å². The Hall–Kier alpha value is -1.51. The number of aromatic nitrogens is 2. The Morgan fingerprint density at radius 1 is 1.28 bits per heavy atom. The largest absolute Gasteiger partial charge is 0.378 e. The van der Waals surface area contributed by atoms with E-state index in [0.29, 0.717) is 0 Å². The summed E-state index contributed by atoms with van der Waals surface area (Å²) in [5, 5.41) is 11.0. The van der Waals surface area contributed by atoms with Crippen LogP contribution in [0.2, 0.25) is 0 Å². The molecule has 2 aromatic rings. The molecule has 1 N–H and O–H groups in total. The van der Waals surface area contributed by atoms with Crippen molar-refractivity contribution in [1.82, 2.24) is 10.2 Å². The number of rotatable bonds is 8. The van der Waals surface area contributed by atoms with E-state index in [-0.39, 0.29) is 11.2 Å². The zero-order valence-electron chi connectivity index (χ0n) is 14.8. The predicted molar refractivity (Wildman–Crippen MR) is 110 cm³/mol. The van der Waals surface area contributed by atoms with Gasteiger partial charge in [-0.25, -0.2) is 0 Å². The van der Waals surface area contributed by atoms with Crippen LogP contribution in [-0.2, 0) is 4.79 Å². The standard InChI is InChI=1S/C17H22N4OS3/c1-11(2)10-23-16-19-20-17(25-16)24-12(3)15(22)18-13-6-8-14(9-7-13)21(4)5/h6-9,12H,1,10H2,2-5H3,(H,18,22)/t12-/m1/s1. The molecule has 0 aliphatic carbocycles. The molecule has 25 heavy (non-hydrogen) atoms. The summed E-state index contributed by atoms with van der Waals surface area (Å²) in [5.41, 5.74) is 2.98. The summed E-state index contributed by atoms with van der Waals surface area (Å²) in [7, 11) is 3.97. The summed E-state index contributed by atoms with van der Waals surface area (Å²) >= 11 is 4.55. The van der Waals surface area contributed by atoms with Crippen molar-refractivity contribution >= 4 is 52.1 Å². The van der Waals surface area contributed by atoms with E-state index >= 15 is 0 Å². The number of nitrogens with one attached hydrogen (secondary N) is 1. The normalized spacial score (nSPS) is 11.8. The first-order chi connectivity index (χ1) is 11.8. The van der Waals surface area contributed by atoms with Gasteiger partial charge in [0.05, 0.1) is 5.25 Å². The minimum Gasteiger partial charge on any atom is -0.378 e. The van der Waals surface area contributed by atoms with Crippen molar-refractivity contribution in [1.29, 1.82) is 0 Å². The molecule has 0 bridgehead atoms. The molecule has 0 radical (unpaired) electrons. The van der Waals surface area contributed by atoms with E-state index in [2.05, 4.69) is 22.1 Å². The molecule has 5 nitrogen and oxygen atoms in total. The minimum atomic E-state index is -0.250. The summed E-state index contributed by atoms with van der Waals surface area (Å²) in [6.07, 6.45) is 0. The Kier molecular flexibility index (Phi) is 7.34. The average Bonchev–Trinajstić information content (AvgIpc) is 3.00. The van der Waals surface area contributed by atoms with Crippen molar-refractivity contribution in [2.75, 3.05) is 30.1 Å². The van der Waals surface area contributed by atoms with E-state index in [1.165, 1.54) is 23.1 Å². The van der Waals surface area contributed by atoms with Crippen molar-refractivity contribution in [3.05, 3.63) is 36.4 Å². The van der Waals surface area contributed by atoms with E-state index in [0.717, 1.165) is 31.4 Å². The van der Waals surface area contributed by atoms with Crippen molar-refractivity contribution in [3.8, 4) is 0 Å². The molecule has 0 unspecified atom stereocenters. The highest BCUT2D eigenvalue weighted by atomic mass is 32.2. The van der Waals surface area contributed by atoms with E-state index in [4.69, 9.17) is 0 Å². The van der Waals surface area contributed by atoms with E-state index < -0.39 is 0 Å². The van der Waals surface area contributed by atoms with Crippen LogP contribution >= 0.6 is 34.9 Å². The van der Waals surface area contributed by atoms with Gasteiger partial charge in [-0.15, -0.1) is 10.2 Å². The lowest BCUT2D eigenvalue weighted by molar-refractivity contribution is -0.115. The van der Waals surface area contributed by atoms with Gasteiger partial charge in [-0.2, -0.15) is 0 Å². The monoisotopic (exact) mass is 394 g/mol. The maximum absolute atomic E-state index is 12.4. The molecule has 134 valence electrons. The molecule has 2 rings (SSSR count). The quantitative estimate of drug-likeness (QED) is 0.529. The third-order valence-corrected chi connectivity index (χ3v) is 6.60. The average molecular weight is 395 g/mol. The number of thioether (sulfide) groups is 2. The maximum Gasteiger partial charge on any atom is 0.237 e. The first kappa shape index (κ1) is 19.8. The molecular formula is C17H22N4OS3. The molecule has 1 amide bonds. The fourth-order valence-electron chi connectivity index (χ4n) is 1.78. The van der Waals surface area contributed by atoms with Gasteiger partial charge in [0.25, 0.3) is 0 Å². The van der Waals surface area contributed by atoms with E-state index in [1.54, 1.807) is 11.8 Å². The lowest BCUT2D eigenvalue weighted by atomic mass is 10.2.